The Hall–Kier alpha value is -1.08. The quantitative estimate of drug-likeness (QED) is 0.445. The molecule has 0 spiro atoms. The fourth-order valence-electron chi connectivity index (χ4n) is 1.41. The Morgan fingerprint density at radius 3 is 2.32 bits per heavy atom. The van der Waals surface area contributed by atoms with Crippen LogP contribution in [0, 0.1) is 0 Å². The second kappa shape index (κ2) is 5.50. The predicted octanol–water partition coefficient (Wildman–Crippen LogP) is 0.0147. The summed E-state index contributed by atoms with van der Waals surface area (Å²) in [5.41, 5.74) is 5.10. The van der Waals surface area contributed by atoms with Crippen LogP contribution in [0.3, 0.4) is 0 Å². The van der Waals surface area contributed by atoms with Gasteiger partial charge in [-0.2, -0.15) is 0 Å². The van der Waals surface area contributed by atoms with Crippen molar-refractivity contribution >= 4 is 18.3 Å². The second-order valence-electron chi connectivity index (χ2n) is 5.66. The van der Waals surface area contributed by atoms with Crippen LogP contribution in [0.15, 0.2) is 18.2 Å². The molecule has 0 aliphatic carbocycles. The van der Waals surface area contributed by atoms with E-state index in [2.05, 4.69) is 0 Å². The number of aliphatic hydroxyl groups is 2. The molecular formula is C13H22BNO4. The molecule has 0 saturated heterocycles. The summed E-state index contributed by atoms with van der Waals surface area (Å²) in [5, 5.41) is 29.2. The molecular weight excluding hydrogens is 245 g/mol. The second-order valence-corrected chi connectivity index (χ2v) is 5.66. The lowest BCUT2D eigenvalue weighted by Gasteiger charge is -2.38. The summed E-state index contributed by atoms with van der Waals surface area (Å²) in [5.74, 6) is 0. The van der Waals surface area contributed by atoms with E-state index in [-0.39, 0.29) is 6.61 Å². The molecule has 106 valence electrons. The molecule has 0 fully saturated rings. The first-order chi connectivity index (χ1) is 8.58. The lowest BCUT2D eigenvalue weighted by atomic mass is 9.76. The Balaban J connectivity index is 2.93. The standard InChI is InChI=1S/C13H22BNO4/c1-12(2,17)13(3,4)19-14(18)10-5-6-11(15)9(7-10)8-16/h5-7,16-18H,8,15H2,1-4H3. The minimum absolute atomic E-state index is 0.207. The van der Waals surface area contributed by atoms with Crippen molar-refractivity contribution in [2.24, 2.45) is 0 Å². The minimum Gasteiger partial charge on any atom is -0.423 e. The molecule has 6 heteroatoms. The Kier molecular flexibility index (Phi) is 4.63. The summed E-state index contributed by atoms with van der Waals surface area (Å²) in [6, 6.07) is 4.81. The summed E-state index contributed by atoms with van der Waals surface area (Å²) < 4.78 is 5.51. The number of nitrogens with two attached hydrogens (primary N) is 1. The fourth-order valence-corrected chi connectivity index (χ4v) is 1.41. The maximum Gasteiger partial charge on any atom is 0.491 e. The van der Waals surface area contributed by atoms with Gasteiger partial charge in [-0.05, 0) is 39.2 Å². The SMILES string of the molecule is CC(C)(O)C(C)(C)OB(O)c1ccc(N)c(CO)c1. The molecule has 0 amide bonds. The molecule has 5 N–H and O–H groups in total. The van der Waals surface area contributed by atoms with Crippen molar-refractivity contribution in [3.63, 3.8) is 0 Å². The average molecular weight is 267 g/mol. The van der Waals surface area contributed by atoms with Crippen LogP contribution in [0.1, 0.15) is 33.3 Å². The van der Waals surface area contributed by atoms with Gasteiger partial charge in [0, 0.05) is 11.3 Å². The molecule has 5 nitrogen and oxygen atoms in total. The molecule has 0 aliphatic heterocycles. The van der Waals surface area contributed by atoms with Crippen molar-refractivity contribution in [3.05, 3.63) is 23.8 Å². The van der Waals surface area contributed by atoms with E-state index in [1.807, 2.05) is 0 Å². The minimum atomic E-state index is -1.20. The van der Waals surface area contributed by atoms with E-state index in [0.717, 1.165) is 0 Å². The van der Waals surface area contributed by atoms with Gasteiger partial charge in [0.15, 0.2) is 0 Å². The van der Waals surface area contributed by atoms with Gasteiger partial charge in [-0.1, -0.05) is 12.1 Å². The first-order valence-electron chi connectivity index (χ1n) is 6.16. The topological polar surface area (TPSA) is 95.9 Å². The molecule has 0 heterocycles. The number of hydrogen-bond acceptors (Lipinski definition) is 5. The van der Waals surface area contributed by atoms with E-state index < -0.39 is 18.3 Å². The van der Waals surface area contributed by atoms with Crippen molar-refractivity contribution in [1.29, 1.82) is 0 Å². The molecule has 0 atom stereocenters. The van der Waals surface area contributed by atoms with E-state index in [9.17, 15) is 10.1 Å². The third kappa shape index (κ3) is 3.70. The highest BCUT2D eigenvalue weighted by atomic mass is 16.5. The van der Waals surface area contributed by atoms with Crippen LogP contribution >= 0.6 is 0 Å². The zero-order valence-corrected chi connectivity index (χ0v) is 11.8. The van der Waals surface area contributed by atoms with Gasteiger partial charge in [0.05, 0.1) is 17.8 Å². The zero-order chi connectivity index (χ0) is 14.8. The number of rotatable bonds is 5. The summed E-state index contributed by atoms with van der Waals surface area (Å²) in [6.45, 7) is 6.41. The molecule has 0 bridgehead atoms. The first-order valence-corrected chi connectivity index (χ1v) is 6.16. The molecule has 0 saturated carbocycles. The van der Waals surface area contributed by atoms with Gasteiger partial charge in [-0.25, -0.2) is 0 Å². The van der Waals surface area contributed by atoms with Crippen LogP contribution in [-0.4, -0.2) is 33.6 Å². The Morgan fingerprint density at radius 1 is 1.26 bits per heavy atom. The number of benzene rings is 1. The van der Waals surface area contributed by atoms with Gasteiger partial charge in [-0.15, -0.1) is 0 Å². The van der Waals surface area contributed by atoms with E-state index in [0.29, 0.717) is 16.7 Å². The number of anilines is 1. The average Bonchev–Trinajstić information content (AvgIpc) is 2.27. The third-order valence-corrected chi connectivity index (χ3v) is 3.50. The smallest absolute Gasteiger partial charge is 0.423 e. The highest BCUT2D eigenvalue weighted by Gasteiger charge is 2.39. The fraction of sp³-hybridized carbons (Fsp3) is 0.538. The van der Waals surface area contributed by atoms with Crippen molar-refractivity contribution in [1.82, 2.24) is 0 Å². The van der Waals surface area contributed by atoms with Crippen molar-refractivity contribution in [2.45, 2.75) is 45.5 Å². The first kappa shape index (κ1) is 16.0. The monoisotopic (exact) mass is 267 g/mol. The predicted molar refractivity (Wildman–Crippen MR) is 75.8 cm³/mol. The Bertz CT molecular complexity index is 443. The van der Waals surface area contributed by atoms with Crippen LogP contribution in [0.4, 0.5) is 5.69 Å². The van der Waals surface area contributed by atoms with Crippen molar-refractivity contribution in [3.8, 4) is 0 Å². The molecule has 1 aromatic rings. The molecule has 19 heavy (non-hydrogen) atoms. The van der Waals surface area contributed by atoms with Gasteiger partial charge in [0.25, 0.3) is 0 Å². The highest BCUT2D eigenvalue weighted by Crippen LogP contribution is 2.25. The highest BCUT2D eigenvalue weighted by molar-refractivity contribution is 6.60. The number of nitrogen functional groups attached to an aromatic ring is 1. The Morgan fingerprint density at radius 2 is 1.84 bits per heavy atom. The maximum atomic E-state index is 10.1. The van der Waals surface area contributed by atoms with Crippen LogP contribution in [0.2, 0.25) is 0 Å². The third-order valence-electron chi connectivity index (χ3n) is 3.50. The van der Waals surface area contributed by atoms with Gasteiger partial charge >= 0.3 is 7.12 Å². The lowest BCUT2D eigenvalue weighted by molar-refractivity contribution is -0.0982. The molecule has 0 aromatic heterocycles. The lowest BCUT2D eigenvalue weighted by Crippen LogP contribution is -2.53. The molecule has 1 rings (SSSR count). The van der Waals surface area contributed by atoms with Gasteiger partial charge in [0.2, 0.25) is 0 Å². The summed E-state index contributed by atoms with van der Waals surface area (Å²) in [4.78, 5) is 0. The Labute approximate surface area is 114 Å². The summed E-state index contributed by atoms with van der Waals surface area (Å²) in [6.07, 6.45) is 0. The van der Waals surface area contributed by atoms with E-state index in [1.165, 1.54) is 0 Å². The molecule has 0 aliphatic rings. The maximum absolute atomic E-state index is 10.1. The van der Waals surface area contributed by atoms with Crippen LogP contribution in [0.5, 0.6) is 0 Å². The van der Waals surface area contributed by atoms with Crippen molar-refractivity contribution < 1.29 is 19.9 Å². The van der Waals surface area contributed by atoms with Crippen molar-refractivity contribution in [2.75, 3.05) is 5.73 Å². The normalized spacial score (nSPS) is 12.6. The van der Waals surface area contributed by atoms with Crippen LogP contribution < -0.4 is 11.2 Å². The van der Waals surface area contributed by atoms with Gasteiger partial charge in [-0.3, -0.25) is 0 Å². The zero-order valence-electron chi connectivity index (χ0n) is 11.8. The molecule has 1 aromatic carbocycles. The van der Waals surface area contributed by atoms with Gasteiger partial charge in [0.1, 0.15) is 0 Å². The number of hydrogen-bond donors (Lipinski definition) is 4. The largest absolute Gasteiger partial charge is 0.491 e. The van der Waals surface area contributed by atoms with E-state index in [4.69, 9.17) is 15.5 Å². The number of aliphatic hydroxyl groups excluding tert-OH is 1. The van der Waals surface area contributed by atoms with Crippen LogP contribution in [-0.2, 0) is 11.3 Å². The van der Waals surface area contributed by atoms with E-state index >= 15 is 0 Å². The molecule has 0 radical (unpaired) electrons. The molecule has 0 unspecified atom stereocenters. The van der Waals surface area contributed by atoms with Gasteiger partial charge < -0.3 is 25.6 Å². The summed E-state index contributed by atoms with van der Waals surface area (Å²) in [7, 11) is -1.20. The van der Waals surface area contributed by atoms with Crippen LogP contribution in [0.25, 0.3) is 0 Å². The van der Waals surface area contributed by atoms with E-state index in [1.54, 1.807) is 45.9 Å². The summed E-state index contributed by atoms with van der Waals surface area (Å²) >= 11 is 0.